The first-order chi connectivity index (χ1) is 14.2. The van der Waals surface area contributed by atoms with E-state index >= 15 is 0 Å². The van der Waals surface area contributed by atoms with Gasteiger partial charge in [-0.05, 0) is 30.7 Å². The minimum Gasteiger partial charge on any atom is -0.349 e. The molecule has 0 spiro atoms. The summed E-state index contributed by atoms with van der Waals surface area (Å²) in [6.07, 6.45) is 0. The van der Waals surface area contributed by atoms with E-state index in [1.54, 1.807) is 16.3 Å². The van der Waals surface area contributed by atoms with Gasteiger partial charge < -0.3 is 4.98 Å². The molecule has 0 amide bonds. The third-order valence-electron chi connectivity index (χ3n) is 4.96. The molecule has 142 valence electrons. The Labute approximate surface area is 172 Å². The van der Waals surface area contributed by atoms with Gasteiger partial charge in [-0.2, -0.15) is 0 Å². The summed E-state index contributed by atoms with van der Waals surface area (Å²) in [5.41, 5.74) is 5.36. The highest BCUT2D eigenvalue weighted by Crippen LogP contribution is 2.28. The van der Waals surface area contributed by atoms with E-state index in [1.165, 1.54) is 11.1 Å². The van der Waals surface area contributed by atoms with Crippen molar-refractivity contribution in [2.45, 2.75) is 17.8 Å². The van der Waals surface area contributed by atoms with E-state index in [1.807, 2.05) is 54.6 Å². The van der Waals surface area contributed by atoms with Crippen LogP contribution in [0.25, 0.3) is 27.6 Å². The molecule has 0 saturated carbocycles. The maximum atomic E-state index is 13.5. The predicted octanol–water partition coefficient (Wildman–Crippen LogP) is 5.47. The normalized spacial score (nSPS) is 11.3. The summed E-state index contributed by atoms with van der Waals surface area (Å²) < 4.78 is 1.71. The molecular formula is C24H19N3OS. The van der Waals surface area contributed by atoms with Crippen molar-refractivity contribution in [3.05, 3.63) is 100 Å². The number of benzene rings is 3. The van der Waals surface area contributed by atoms with Crippen LogP contribution in [0.5, 0.6) is 0 Å². The summed E-state index contributed by atoms with van der Waals surface area (Å²) in [5.74, 6) is 0.745. The number of aromatic nitrogens is 3. The molecule has 2 aromatic heterocycles. The third-order valence-corrected chi connectivity index (χ3v) is 5.97. The fraction of sp³-hybridized carbons (Fsp3) is 0.0833. The van der Waals surface area contributed by atoms with Gasteiger partial charge in [0, 0.05) is 16.7 Å². The minimum atomic E-state index is -0.0795. The predicted molar refractivity (Wildman–Crippen MR) is 120 cm³/mol. The molecule has 5 aromatic rings. The van der Waals surface area contributed by atoms with Gasteiger partial charge in [-0.15, -0.1) is 0 Å². The van der Waals surface area contributed by atoms with Crippen LogP contribution in [-0.4, -0.2) is 14.5 Å². The Balaban J connectivity index is 1.71. The van der Waals surface area contributed by atoms with Gasteiger partial charge in [-0.1, -0.05) is 78.0 Å². The van der Waals surface area contributed by atoms with E-state index in [-0.39, 0.29) is 5.56 Å². The summed E-state index contributed by atoms with van der Waals surface area (Å²) in [7, 11) is 0. The fourth-order valence-corrected chi connectivity index (χ4v) is 4.54. The van der Waals surface area contributed by atoms with Crippen LogP contribution in [-0.2, 0) is 5.75 Å². The number of rotatable bonds is 4. The van der Waals surface area contributed by atoms with Crippen molar-refractivity contribution >= 4 is 33.7 Å². The van der Waals surface area contributed by atoms with E-state index in [0.29, 0.717) is 10.7 Å². The van der Waals surface area contributed by atoms with Gasteiger partial charge in [0.2, 0.25) is 0 Å². The number of nitrogens with zero attached hydrogens (tertiary/aromatic N) is 2. The van der Waals surface area contributed by atoms with Crippen molar-refractivity contribution in [1.82, 2.24) is 14.5 Å². The number of para-hydroxylation sites is 2. The lowest BCUT2D eigenvalue weighted by molar-refractivity contribution is 0.819. The Hall–Kier alpha value is -3.31. The SMILES string of the molecule is Cc1cccc(CSc2nc3c([nH]c4ccccc43)c(=O)n2-c2ccccc2)c1. The molecule has 0 bridgehead atoms. The minimum absolute atomic E-state index is 0.0795. The number of thioether (sulfide) groups is 1. The Morgan fingerprint density at radius 3 is 2.59 bits per heavy atom. The molecule has 4 nitrogen and oxygen atoms in total. The Kier molecular flexibility index (Phi) is 4.45. The highest BCUT2D eigenvalue weighted by Gasteiger charge is 2.17. The van der Waals surface area contributed by atoms with Crippen LogP contribution in [0.15, 0.2) is 88.8 Å². The molecule has 3 aromatic carbocycles. The van der Waals surface area contributed by atoms with E-state index < -0.39 is 0 Å². The highest BCUT2D eigenvalue weighted by atomic mass is 32.2. The monoisotopic (exact) mass is 397 g/mol. The average molecular weight is 398 g/mol. The summed E-state index contributed by atoms with van der Waals surface area (Å²) in [6.45, 7) is 2.09. The highest BCUT2D eigenvalue weighted by molar-refractivity contribution is 7.98. The Morgan fingerprint density at radius 1 is 0.966 bits per heavy atom. The Morgan fingerprint density at radius 2 is 1.76 bits per heavy atom. The van der Waals surface area contributed by atoms with Crippen LogP contribution in [0.1, 0.15) is 11.1 Å². The molecule has 0 saturated heterocycles. The van der Waals surface area contributed by atoms with E-state index in [2.05, 4.69) is 36.2 Å². The molecular weight excluding hydrogens is 378 g/mol. The molecule has 0 fully saturated rings. The quantitative estimate of drug-likeness (QED) is 0.323. The van der Waals surface area contributed by atoms with Gasteiger partial charge >= 0.3 is 0 Å². The van der Waals surface area contributed by atoms with E-state index in [4.69, 9.17) is 4.98 Å². The molecule has 29 heavy (non-hydrogen) atoms. The summed E-state index contributed by atoms with van der Waals surface area (Å²) in [4.78, 5) is 21.7. The largest absolute Gasteiger partial charge is 0.349 e. The molecule has 0 aliphatic rings. The summed E-state index contributed by atoms with van der Waals surface area (Å²) in [5, 5.41) is 1.66. The van der Waals surface area contributed by atoms with Crippen molar-refractivity contribution in [2.24, 2.45) is 0 Å². The number of aromatic amines is 1. The number of hydrogen-bond donors (Lipinski definition) is 1. The lowest BCUT2D eigenvalue weighted by Gasteiger charge is -2.12. The first-order valence-corrected chi connectivity index (χ1v) is 10.5. The van der Waals surface area contributed by atoms with Crippen molar-refractivity contribution in [3.8, 4) is 5.69 Å². The molecule has 0 aliphatic heterocycles. The molecule has 5 rings (SSSR count). The lowest BCUT2D eigenvalue weighted by Crippen LogP contribution is -2.21. The van der Waals surface area contributed by atoms with Crippen LogP contribution in [0.3, 0.4) is 0 Å². The topological polar surface area (TPSA) is 50.7 Å². The van der Waals surface area contributed by atoms with Gasteiger partial charge in [-0.3, -0.25) is 9.36 Å². The maximum Gasteiger partial charge on any atom is 0.283 e. The number of hydrogen-bond acceptors (Lipinski definition) is 3. The van der Waals surface area contributed by atoms with Crippen LogP contribution < -0.4 is 5.56 Å². The van der Waals surface area contributed by atoms with Crippen molar-refractivity contribution in [2.75, 3.05) is 0 Å². The molecule has 5 heteroatoms. The van der Waals surface area contributed by atoms with Crippen LogP contribution in [0.2, 0.25) is 0 Å². The van der Waals surface area contributed by atoms with Crippen LogP contribution in [0, 0.1) is 6.92 Å². The molecule has 2 heterocycles. The number of H-pyrrole nitrogens is 1. The molecule has 0 atom stereocenters. The van der Waals surface area contributed by atoms with Gasteiger partial charge in [-0.25, -0.2) is 4.98 Å². The third kappa shape index (κ3) is 3.23. The number of nitrogens with one attached hydrogen (secondary N) is 1. The van der Waals surface area contributed by atoms with Crippen molar-refractivity contribution < 1.29 is 0 Å². The summed E-state index contributed by atoms with van der Waals surface area (Å²) >= 11 is 1.58. The van der Waals surface area contributed by atoms with Crippen LogP contribution >= 0.6 is 11.8 Å². The van der Waals surface area contributed by atoms with E-state index in [0.717, 1.165) is 27.9 Å². The Bertz CT molecular complexity index is 1390. The maximum absolute atomic E-state index is 13.5. The fourth-order valence-electron chi connectivity index (χ4n) is 3.59. The van der Waals surface area contributed by atoms with E-state index in [9.17, 15) is 4.79 Å². The van der Waals surface area contributed by atoms with Crippen molar-refractivity contribution in [3.63, 3.8) is 0 Å². The number of fused-ring (bicyclic) bond motifs is 3. The summed E-state index contributed by atoms with van der Waals surface area (Å²) in [6, 6.07) is 26.0. The second-order valence-electron chi connectivity index (χ2n) is 7.04. The second kappa shape index (κ2) is 7.26. The van der Waals surface area contributed by atoms with Crippen LogP contribution in [0.4, 0.5) is 0 Å². The molecule has 0 unspecified atom stereocenters. The van der Waals surface area contributed by atoms with Crippen molar-refractivity contribution in [1.29, 1.82) is 0 Å². The molecule has 0 radical (unpaired) electrons. The van der Waals surface area contributed by atoms with Gasteiger partial charge in [0.15, 0.2) is 5.16 Å². The zero-order valence-corrected chi connectivity index (χ0v) is 16.7. The zero-order chi connectivity index (χ0) is 19.8. The smallest absolute Gasteiger partial charge is 0.283 e. The number of aryl methyl sites for hydroxylation is 1. The first-order valence-electron chi connectivity index (χ1n) is 9.48. The first kappa shape index (κ1) is 17.8. The van der Waals surface area contributed by atoms with Gasteiger partial charge in [0.25, 0.3) is 5.56 Å². The van der Waals surface area contributed by atoms with Gasteiger partial charge in [0.1, 0.15) is 11.0 Å². The molecule has 0 aliphatic carbocycles. The zero-order valence-electron chi connectivity index (χ0n) is 15.9. The molecule has 1 N–H and O–H groups in total. The standard InChI is InChI=1S/C24H19N3OS/c1-16-8-7-9-17(14-16)15-29-24-26-21-19-12-5-6-13-20(19)25-22(21)23(28)27(24)18-10-3-2-4-11-18/h2-14,25H,15H2,1H3. The lowest BCUT2D eigenvalue weighted by atomic mass is 10.2. The average Bonchev–Trinajstić information content (AvgIpc) is 3.12. The second-order valence-corrected chi connectivity index (χ2v) is 7.98. The van der Waals surface area contributed by atoms with Gasteiger partial charge in [0.05, 0.1) is 5.69 Å².